The van der Waals surface area contributed by atoms with E-state index in [-0.39, 0.29) is 12.5 Å². The molecule has 1 aromatic heterocycles. The maximum atomic E-state index is 11.6. The highest BCUT2D eigenvalue weighted by Crippen LogP contribution is 2.20. The van der Waals surface area contributed by atoms with Crippen molar-refractivity contribution >= 4 is 35.1 Å². The van der Waals surface area contributed by atoms with E-state index in [1.54, 1.807) is 35.8 Å². The minimum absolute atomic E-state index is 0.0954. The van der Waals surface area contributed by atoms with E-state index in [1.807, 2.05) is 26.0 Å². The first kappa shape index (κ1) is 15.5. The normalized spacial score (nSPS) is 10.8. The van der Waals surface area contributed by atoms with Crippen LogP contribution in [0.15, 0.2) is 35.4 Å². The highest BCUT2D eigenvalue weighted by Gasteiger charge is 2.03. The lowest BCUT2D eigenvalue weighted by Gasteiger charge is -2.06. The van der Waals surface area contributed by atoms with Crippen molar-refractivity contribution in [1.29, 1.82) is 0 Å². The summed E-state index contributed by atoms with van der Waals surface area (Å²) in [7, 11) is 0. The van der Waals surface area contributed by atoms with Crippen LogP contribution in [-0.4, -0.2) is 18.7 Å². The zero-order valence-corrected chi connectivity index (χ0v) is 13.3. The maximum Gasteiger partial charge on any atom is 0.277 e. The Kier molecular flexibility index (Phi) is 5.36. The van der Waals surface area contributed by atoms with E-state index in [1.165, 1.54) is 4.88 Å². The summed E-state index contributed by atoms with van der Waals surface area (Å²) in [4.78, 5) is 13.8. The van der Waals surface area contributed by atoms with Crippen molar-refractivity contribution in [3.63, 3.8) is 0 Å². The minimum atomic E-state index is -0.313. The van der Waals surface area contributed by atoms with Crippen LogP contribution in [0.25, 0.3) is 0 Å². The van der Waals surface area contributed by atoms with Crippen LogP contribution in [0.2, 0.25) is 5.02 Å². The molecule has 0 spiro atoms. The van der Waals surface area contributed by atoms with Gasteiger partial charge in [-0.15, -0.1) is 11.3 Å². The van der Waals surface area contributed by atoms with Gasteiger partial charge in [-0.05, 0) is 49.7 Å². The summed E-state index contributed by atoms with van der Waals surface area (Å²) in [5, 5.41) is 4.55. The number of carbonyl (C=O) groups is 1. The Labute approximate surface area is 132 Å². The lowest BCUT2D eigenvalue weighted by atomic mass is 10.2. The molecule has 1 amide bonds. The molecule has 0 bridgehead atoms. The number of hydrogen-bond acceptors (Lipinski definition) is 4. The van der Waals surface area contributed by atoms with Crippen molar-refractivity contribution in [2.75, 3.05) is 6.61 Å². The van der Waals surface area contributed by atoms with Crippen molar-refractivity contribution in [2.45, 2.75) is 13.8 Å². The molecule has 2 aromatic rings. The Morgan fingerprint density at radius 2 is 2.19 bits per heavy atom. The highest BCUT2D eigenvalue weighted by atomic mass is 35.5. The monoisotopic (exact) mass is 322 g/mol. The van der Waals surface area contributed by atoms with Gasteiger partial charge in [0.15, 0.2) is 6.61 Å². The predicted octanol–water partition coefficient (Wildman–Crippen LogP) is 3.55. The molecule has 2 rings (SSSR count). The van der Waals surface area contributed by atoms with Crippen LogP contribution in [-0.2, 0) is 4.79 Å². The fourth-order valence-electron chi connectivity index (χ4n) is 1.58. The third-order valence-electron chi connectivity index (χ3n) is 2.64. The average Bonchev–Trinajstić information content (AvgIpc) is 2.86. The van der Waals surface area contributed by atoms with Crippen molar-refractivity contribution in [2.24, 2.45) is 5.10 Å². The Morgan fingerprint density at radius 3 is 2.86 bits per heavy atom. The van der Waals surface area contributed by atoms with Crippen LogP contribution in [0.4, 0.5) is 0 Å². The first-order chi connectivity index (χ1) is 10.0. The number of halogens is 1. The van der Waals surface area contributed by atoms with Gasteiger partial charge in [-0.25, -0.2) is 5.43 Å². The van der Waals surface area contributed by atoms with E-state index < -0.39 is 0 Å². The standard InChI is InChI=1S/C15H15ClN2O2S/c1-10-7-12(4-6-14(10)16)20-9-15(19)18-17-8-13-5-3-11(2)21-13/h3-8H,9H2,1-2H3,(H,18,19). The fraction of sp³-hybridized carbons (Fsp3) is 0.200. The molecule has 0 radical (unpaired) electrons. The largest absolute Gasteiger partial charge is 0.484 e. The summed E-state index contributed by atoms with van der Waals surface area (Å²) >= 11 is 7.53. The molecule has 0 saturated carbocycles. The van der Waals surface area contributed by atoms with E-state index in [9.17, 15) is 4.79 Å². The first-order valence-electron chi connectivity index (χ1n) is 6.32. The van der Waals surface area contributed by atoms with Crippen LogP contribution in [0.3, 0.4) is 0 Å². The Bertz CT molecular complexity index is 667. The molecule has 0 aliphatic rings. The quantitative estimate of drug-likeness (QED) is 0.676. The van der Waals surface area contributed by atoms with Crippen molar-refractivity contribution < 1.29 is 9.53 Å². The number of hydrazone groups is 1. The first-order valence-corrected chi connectivity index (χ1v) is 7.51. The lowest BCUT2D eigenvalue weighted by molar-refractivity contribution is -0.123. The molecule has 0 atom stereocenters. The van der Waals surface area contributed by atoms with Gasteiger partial charge in [0.25, 0.3) is 5.91 Å². The summed E-state index contributed by atoms with van der Waals surface area (Å²) in [6.07, 6.45) is 1.61. The van der Waals surface area contributed by atoms with Crippen LogP contribution in [0.5, 0.6) is 5.75 Å². The molecule has 21 heavy (non-hydrogen) atoms. The van der Waals surface area contributed by atoms with Gasteiger partial charge >= 0.3 is 0 Å². The van der Waals surface area contributed by atoms with E-state index in [4.69, 9.17) is 16.3 Å². The summed E-state index contributed by atoms with van der Waals surface area (Å²) < 4.78 is 5.37. The summed E-state index contributed by atoms with van der Waals surface area (Å²) in [6, 6.07) is 9.19. The van der Waals surface area contributed by atoms with E-state index in [0.717, 1.165) is 10.4 Å². The number of aryl methyl sites for hydroxylation is 2. The molecule has 0 aliphatic carbocycles. The molecule has 6 heteroatoms. The molecule has 110 valence electrons. The number of rotatable bonds is 5. The van der Waals surface area contributed by atoms with Gasteiger partial charge in [0.2, 0.25) is 0 Å². The second-order valence-electron chi connectivity index (χ2n) is 4.44. The number of nitrogens with one attached hydrogen (secondary N) is 1. The molecule has 1 N–H and O–H groups in total. The second kappa shape index (κ2) is 7.24. The minimum Gasteiger partial charge on any atom is -0.484 e. The molecule has 1 aromatic carbocycles. The van der Waals surface area contributed by atoms with E-state index in [2.05, 4.69) is 10.5 Å². The van der Waals surface area contributed by atoms with Gasteiger partial charge in [0.05, 0.1) is 6.21 Å². The van der Waals surface area contributed by atoms with E-state index in [0.29, 0.717) is 10.8 Å². The summed E-state index contributed by atoms with van der Waals surface area (Å²) in [5.41, 5.74) is 3.33. The van der Waals surface area contributed by atoms with Gasteiger partial charge in [0.1, 0.15) is 5.75 Å². The fourth-order valence-corrected chi connectivity index (χ4v) is 2.45. The van der Waals surface area contributed by atoms with Crippen molar-refractivity contribution in [3.05, 3.63) is 50.7 Å². The Hall–Kier alpha value is -1.85. The Morgan fingerprint density at radius 1 is 1.38 bits per heavy atom. The maximum absolute atomic E-state index is 11.6. The topological polar surface area (TPSA) is 50.7 Å². The van der Waals surface area contributed by atoms with Crippen LogP contribution in [0, 0.1) is 13.8 Å². The summed E-state index contributed by atoms with van der Waals surface area (Å²) in [5.74, 6) is 0.289. The molecule has 0 aliphatic heterocycles. The number of carbonyl (C=O) groups excluding carboxylic acids is 1. The second-order valence-corrected chi connectivity index (χ2v) is 6.17. The third kappa shape index (κ3) is 4.88. The van der Waals surface area contributed by atoms with Gasteiger partial charge < -0.3 is 4.74 Å². The molecule has 4 nitrogen and oxygen atoms in total. The molecule has 0 fully saturated rings. The molecule has 0 unspecified atom stereocenters. The number of thiophene rings is 1. The van der Waals surface area contributed by atoms with Crippen LogP contribution < -0.4 is 10.2 Å². The SMILES string of the molecule is Cc1ccc(C=NNC(=O)COc2ccc(Cl)c(C)c2)s1. The van der Waals surface area contributed by atoms with Crippen LogP contribution >= 0.6 is 22.9 Å². The third-order valence-corrected chi connectivity index (χ3v) is 4.00. The van der Waals surface area contributed by atoms with Gasteiger partial charge in [-0.3, -0.25) is 4.79 Å². The van der Waals surface area contributed by atoms with Gasteiger partial charge in [0, 0.05) is 14.8 Å². The number of benzene rings is 1. The summed E-state index contributed by atoms with van der Waals surface area (Å²) in [6.45, 7) is 3.80. The molecular formula is C15H15ClN2O2S. The molecular weight excluding hydrogens is 308 g/mol. The molecule has 0 saturated heterocycles. The number of nitrogens with zero attached hydrogens (tertiary/aromatic N) is 1. The molecule has 1 heterocycles. The highest BCUT2D eigenvalue weighted by molar-refractivity contribution is 7.13. The number of hydrogen-bond donors (Lipinski definition) is 1. The average molecular weight is 323 g/mol. The zero-order chi connectivity index (χ0) is 15.2. The zero-order valence-electron chi connectivity index (χ0n) is 11.7. The van der Waals surface area contributed by atoms with Gasteiger partial charge in [-0.2, -0.15) is 5.10 Å². The lowest BCUT2D eigenvalue weighted by Crippen LogP contribution is -2.24. The Balaban J connectivity index is 1.79. The van der Waals surface area contributed by atoms with Crippen molar-refractivity contribution in [3.8, 4) is 5.75 Å². The number of amides is 1. The van der Waals surface area contributed by atoms with E-state index >= 15 is 0 Å². The smallest absolute Gasteiger partial charge is 0.277 e. The van der Waals surface area contributed by atoms with Crippen LogP contribution in [0.1, 0.15) is 15.3 Å². The van der Waals surface area contributed by atoms with Gasteiger partial charge in [-0.1, -0.05) is 11.6 Å². The number of ether oxygens (including phenoxy) is 1. The van der Waals surface area contributed by atoms with Crippen molar-refractivity contribution in [1.82, 2.24) is 5.43 Å². The predicted molar refractivity (Wildman–Crippen MR) is 86.5 cm³/mol.